The summed E-state index contributed by atoms with van der Waals surface area (Å²) in [4.78, 5) is 23.6. The number of rotatable bonds is 3. The van der Waals surface area contributed by atoms with Crippen LogP contribution in [0.15, 0.2) is 35.0 Å². The molecule has 0 saturated carbocycles. The first-order valence-corrected chi connectivity index (χ1v) is 7.83. The summed E-state index contributed by atoms with van der Waals surface area (Å²) in [5, 5.41) is 9.75. The lowest BCUT2D eigenvalue weighted by Gasteiger charge is -2.18. The molecule has 0 bridgehead atoms. The number of hydrogen-bond donors (Lipinski definition) is 2. The van der Waals surface area contributed by atoms with Gasteiger partial charge in [0.2, 0.25) is 11.8 Å². The quantitative estimate of drug-likeness (QED) is 0.913. The third kappa shape index (κ3) is 2.97. The van der Waals surface area contributed by atoms with E-state index in [1.165, 1.54) is 0 Å². The summed E-state index contributed by atoms with van der Waals surface area (Å²) in [5.41, 5.74) is 3.71. The molecule has 4 nitrogen and oxygen atoms in total. The first kappa shape index (κ1) is 13.8. The Kier molecular flexibility index (Phi) is 3.75. The number of thiophene rings is 1. The number of carbonyl (C=O) groups excluding carboxylic acids is 2. The summed E-state index contributed by atoms with van der Waals surface area (Å²) in [5.74, 6) is -0.148. The van der Waals surface area contributed by atoms with Gasteiger partial charge in [-0.25, -0.2) is 0 Å². The van der Waals surface area contributed by atoms with Crippen LogP contribution in [0.25, 0.3) is 0 Å². The molecule has 0 radical (unpaired) electrons. The minimum absolute atomic E-state index is 0.0202. The van der Waals surface area contributed by atoms with Gasteiger partial charge in [0, 0.05) is 17.8 Å². The fraction of sp³-hybridized carbons (Fsp3) is 0.250. The van der Waals surface area contributed by atoms with Crippen molar-refractivity contribution in [1.82, 2.24) is 0 Å². The SMILES string of the molecule is CC(C(=O)Nc1ccc2c(c1)CCC(=O)N2)c1ccsc1. The zero-order valence-electron chi connectivity index (χ0n) is 11.7. The molecule has 1 aromatic carbocycles. The molecule has 2 heterocycles. The van der Waals surface area contributed by atoms with Gasteiger partial charge in [-0.3, -0.25) is 9.59 Å². The Morgan fingerprint density at radius 2 is 2.19 bits per heavy atom. The summed E-state index contributed by atoms with van der Waals surface area (Å²) in [6.07, 6.45) is 1.21. The van der Waals surface area contributed by atoms with Crippen molar-refractivity contribution in [3.8, 4) is 0 Å². The van der Waals surface area contributed by atoms with Crippen LogP contribution in [0.1, 0.15) is 30.4 Å². The Morgan fingerprint density at radius 3 is 2.95 bits per heavy atom. The van der Waals surface area contributed by atoms with E-state index < -0.39 is 0 Å². The second-order valence-corrected chi connectivity index (χ2v) is 5.97. The van der Waals surface area contributed by atoms with Gasteiger partial charge in [0.1, 0.15) is 0 Å². The van der Waals surface area contributed by atoms with E-state index in [0.717, 1.165) is 22.5 Å². The number of carbonyl (C=O) groups is 2. The molecule has 0 spiro atoms. The first-order chi connectivity index (χ1) is 10.1. The molecule has 108 valence electrons. The molecular formula is C16H16N2O2S. The Balaban J connectivity index is 1.73. The summed E-state index contributed by atoms with van der Waals surface area (Å²) >= 11 is 1.59. The van der Waals surface area contributed by atoms with E-state index in [0.29, 0.717) is 12.8 Å². The Bertz CT molecular complexity index is 680. The third-order valence-electron chi connectivity index (χ3n) is 3.70. The summed E-state index contributed by atoms with van der Waals surface area (Å²) in [6.45, 7) is 1.90. The summed E-state index contributed by atoms with van der Waals surface area (Å²) in [7, 11) is 0. The second kappa shape index (κ2) is 5.69. The predicted molar refractivity (Wildman–Crippen MR) is 84.8 cm³/mol. The van der Waals surface area contributed by atoms with Crippen molar-refractivity contribution in [3.63, 3.8) is 0 Å². The van der Waals surface area contributed by atoms with E-state index in [1.54, 1.807) is 11.3 Å². The van der Waals surface area contributed by atoms with Crippen molar-refractivity contribution in [2.24, 2.45) is 0 Å². The van der Waals surface area contributed by atoms with E-state index >= 15 is 0 Å². The molecular weight excluding hydrogens is 284 g/mol. The molecule has 5 heteroatoms. The molecule has 0 saturated heterocycles. The predicted octanol–water partition coefficient (Wildman–Crippen LogP) is 3.38. The van der Waals surface area contributed by atoms with E-state index in [1.807, 2.05) is 41.9 Å². The van der Waals surface area contributed by atoms with E-state index in [4.69, 9.17) is 0 Å². The molecule has 21 heavy (non-hydrogen) atoms. The van der Waals surface area contributed by atoms with Crippen LogP contribution < -0.4 is 10.6 Å². The van der Waals surface area contributed by atoms with E-state index in [9.17, 15) is 9.59 Å². The minimum Gasteiger partial charge on any atom is -0.326 e. The smallest absolute Gasteiger partial charge is 0.231 e. The number of fused-ring (bicyclic) bond motifs is 1. The number of hydrogen-bond acceptors (Lipinski definition) is 3. The maximum Gasteiger partial charge on any atom is 0.231 e. The van der Waals surface area contributed by atoms with Crippen molar-refractivity contribution >= 4 is 34.5 Å². The highest BCUT2D eigenvalue weighted by Crippen LogP contribution is 2.27. The number of nitrogens with one attached hydrogen (secondary N) is 2. The summed E-state index contributed by atoms with van der Waals surface area (Å²) < 4.78 is 0. The van der Waals surface area contributed by atoms with Gasteiger partial charge in [-0.1, -0.05) is 0 Å². The van der Waals surface area contributed by atoms with Crippen LogP contribution in [0.3, 0.4) is 0 Å². The molecule has 2 aromatic rings. The van der Waals surface area contributed by atoms with Crippen LogP contribution in [-0.4, -0.2) is 11.8 Å². The lowest BCUT2D eigenvalue weighted by atomic mass is 10.0. The normalized spacial score (nSPS) is 15.0. The monoisotopic (exact) mass is 300 g/mol. The number of aryl methyl sites for hydroxylation is 1. The fourth-order valence-corrected chi connectivity index (χ4v) is 3.14. The third-order valence-corrected chi connectivity index (χ3v) is 4.41. The van der Waals surface area contributed by atoms with Crippen LogP contribution >= 0.6 is 11.3 Å². The fourth-order valence-electron chi connectivity index (χ4n) is 2.38. The lowest BCUT2D eigenvalue weighted by molar-refractivity contribution is -0.117. The molecule has 1 aliphatic rings. The van der Waals surface area contributed by atoms with Gasteiger partial charge in [-0.15, -0.1) is 0 Å². The average molecular weight is 300 g/mol. The highest BCUT2D eigenvalue weighted by Gasteiger charge is 2.18. The van der Waals surface area contributed by atoms with Gasteiger partial charge in [0.15, 0.2) is 0 Å². The van der Waals surface area contributed by atoms with Crippen LogP contribution in [0.2, 0.25) is 0 Å². The van der Waals surface area contributed by atoms with Gasteiger partial charge in [0.05, 0.1) is 5.92 Å². The molecule has 1 aromatic heterocycles. The Hall–Kier alpha value is -2.14. The molecule has 2 N–H and O–H groups in total. The zero-order valence-corrected chi connectivity index (χ0v) is 12.5. The Labute approximate surface area is 127 Å². The Morgan fingerprint density at radius 1 is 1.33 bits per heavy atom. The molecule has 3 rings (SSSR count). The molecule has 0 aliphatic carbocycles. The van der Waals surface area contributed by atoms with Crippen LogP contribution in [0.5, 0.6) is 0 Å². The van der Waals surface area contributed by atoms with Crippen molar-refractivity contribution < 1.29 is 9.59 Å². The van der Waals surface area contributed by atoms with Crippen molar-refractivity contribution in [2.75, 3.05) is 10.6 Å². The largest absolute Gasteiger partial charge is 0.326 e. The van der Waals surface area contributed by atoms with Crippen molar-refractivity contribution in [1.29, 1.82) is 0 Å². The van der Waals surface area contributed by atoms with E-state index in [-0.39, 0.29) is 17.7 Å². The molecule has 1 atom stereocenters. The minimum atomic E-state index is -0.174. The van der Waals surface area contributed by atoms with Gasteiger partial charge < -0.3 is 10.6 Å². The van der Waals surface area contributed by atoms with Crippen LogP contribution in [0, 0.1) is 0 Å². The lowest BCUT2D eigenvalue weighted by Crippen LogP contribution is -2.21. The first-order valence-electron chi connectivity index (χ1n) is 6.89. The highest BCUT2D eigenvalue weighted by molar-refractivity contribution is 7.08. The maximum absolute atomic E-state index is 12.3. The van der Waals surface area contributed by atoms with Crippen molar-refractivity contribution in [3.05, 3.63) is 46.2 Å². The van der Waals surface area contributed by atoms with Gasteiger partial charge in [-0.05, 0) is 59.5 Å². The van der Waals surface area contributed by atoms with Crippen molar-refractivity contribution in [2.45, 2.75) is 25.7 Å². The van der Waals surface area contributed by atoms with Gasteiger partial charge in [0.25, 0.3) is 0 Å². The molecule has 0 fully saturated rings. The highest BCUT2D eigenvalue weighted by atomic mass is 32.1. The van der Waals surface area contributed by atoms with Gasteiger partial charge in [-0.2, -0.15) is 11.3 Å². The topological polar surface area (TPSA) is 58.2 Å². The molecule has 1 aliphatic heterocycles. The molecule has 2 amide bonds. The zero-order chi connectivity index (χ0) is 14.8. The van der Waals surface area contributed by atoms with Crippen LogP contribution in [0.4, 0.5) is 11.4 Å². The maximum atomic E-state index is 12.3. The van der Waals surface area contributed by atoms with Gasteiger partial charge >= 0.3 is 0 Å². The summed E-state index contributed by atoms with van der Waals surface area (Å²) in [6, 6.07) is 7.57. The standard InChI is InChI=1S/C16H16N2O2S/c1-10(12-6-7-21-9-12)16(20)17-13-3-4-14-11(8-13)2-5-15(19)18-14/h3-4,6-10H,2,5H2,1H3,(H,17,20)(H,18,19). The molecule has 1 unspecified atom stereocenters. The van der Waals surface area contributed by atoms with E-state index in [2.05, 4.69) is 10.6 Å². The number of benzene rings is 1. The number of amides is 2. The number of anilines is 2. The second-order valence-electron chi connectivity index (χ2n) is 5.19. The van der Waals surface area contributed by atoms with Crippen LogP contribution in [-0.2, 0) is 16.0 Å². The average Bonchev–Trinajstić information content (AvgIpc) is 3.00.